The van der Waals surface area contributed by atoms with E-state index in [4.69, 9.17) is 20.8 Å². The Hall–Kier alpha value is -2.35. The van der Waals surface area contributed by atoms with Crippen LogP contribution in [0.2, 0.25) is 23.2 Å². The van der Waals surface area contributed by atoms with Gasteiger partial charge in [0.15, 0.2) is 20.0 Å². The number of nitrogens with zero attached hydrogens (tertiary/aromatic N) is 2. The summed E-state index contributed by atoms with van der Waals surface area (Å²) in [6.07, 6.45) is 4.19. The molecular weight excluding hydrogens is 450 g/mol. The van der Waals surface area contributed by atoms with E-state index in [1.54, 1.807) is 30.6 Å². The van der Waals surface area contributed by atoms with Crippen LogP contribution in [-0.2, 0) is 4.43 Å². The molecule has 0 radical (unpaired) electrons. The highest BCUT2D eigenvalue weighted by Gasteiger charge is 2.38. The number of rotatable bonds is 7. The summed E-state index contributed by atoms with van der Waals surface area (Å²) >= 11 is 5.96. The Bertz CT molecular complexity index is 1070. The Kier molecular flexibility index (Phi) is 7.32. The summed E-state index contributed by atoms with van der Waals surface area (Å²) in [6, 6.07) is 8.92. The van der Waals surface area contributed by atoms with Gasteiger partial charge in [0.25, 0.3) is 0 Å². The molecule has 8 heteroatoms. The van der Waals surface area contributed by atoms with E-state index in [0.717, 1.165) is 6.07 Å². The van der Waals surface area contributed by atoms with E-state index in [0.29, 0.717) is 27.6 Å². The smallest absolute Gasteiger partial charge is 0.213 e. The van der Waals surface area contributed by atoms with Gasteiger partial charge < -0.3 is 9.16 Å². The van der Waals surface area contributed by atoms with Gasteiger partial charge in [-0.3, -0.25) is 4.98 Å². The van der Waals surface area contributed by atoms with E-state index in [1.165, 1.54) is 18.3 Å². The Morgan fingerprint density at radius 2 is 1.78 bits per heavy atom. The zero-order valence-corrected chi connectivity index (χ0v) is 20.6. The normalized spacial score (nSPS) is 13.1. The number of hydrogen-bond donors (Lipinski definition) is 0. The predicted molar refractivity (Wildman–Crippen MR) is 125 cm³/mol. The molecular formula is C24H27ClF2N2O2Si. The molecule has 2 aromatic heterocycles. The highest BCUT2D eigenvalue weighted by molar-refractivity contribution is 6.74. The average Bonchev–Trinajstić information content (AvgIpc) is 2.74. The first-order valence-electron chi connectivity index (χ1n) is 10.3. The second-order valence-electron chi connectivity index (χ2n) is 9.08. The number of ether oxygens (including phenoxy) is 1. The standard InChI is InChI=1S/C24H27ClF2N2O2Si/c1-24(2,3)32(4,5)30-15-22(31-23-9-7-17(25)13-29-23)19-14-28-11-10-18(19)16-6-8-20(26)21(27)12-16/h6-14,22H,15H2,1-5H3. The molecule has 0 amide bonds. The molecule has 2 heterocycles. The van der Waals surface area contributed by atoms with Gasteiger partial charge in [-0.25, -0.2) is 13.8 Å². The van der Waals surface area contributed by atoms with Crippen molar-refractivity contribution in [2.75, 3.05) is 6.61 Å². The third-order valence-electron chi connectivity index (χ3n) is 5.79. The molecule has 32 heavy (non-hydrogen) atoms. The molecule has 0 aliphatic carbocycles. The lowest BCUT2D eigenvalue weighted by Crippen LogP contribution is -2.42. The monoisotopic (exact) mass is 476 g/mol. The lowest BCUT2D eigenvalue weighted by Gasteiger charge is -2.37. The van der Waals surface area contributed by atoms with Crippen molar-refractivity contribution in [3.05, 3.63) is 77.2 Å². The quantitative estimate of drug-likeness (QED) is 0.338. The van der Waals surface area contributed by atoms with Crippen LogP contribution < -0.4 is 4.74 Å². The fourth-order valence-electron chi connectivity index (χ4n) is 2.86. The molecule has 0 saturated carbocycles. The van der Waals surface area contributed by atoms with Gasteiger partial charge in [-0.15, -0.1) is 0 Å². The summed E-state index contributed by atoms with van der Waals surface area (Å²) < 4.78 is 40.1. The van der Waals surface area contributed by atoms with E-state index >= 15 is 0 Å². The largest absolute Gasteiger partial charge is 0.467 e. The minimum Gasteiger partial charge on any atom is -0.467 e. The van der Waals surface area contributed by atoms with Crippen molar-refractivity contribution in [2.24, 2.45) is 0 Å². The molecule has 3 rings (SSSR count). The summed E-state index contributed by atoms with van der Waals surface area (Å²) in [5.74, 6) is -1.44. The third-order valence-corrected chi connectivity index (χ3v) is 10.5. The first-order valence-corrected chi connectivity index (χ1v) is 13.6. The van der Waals surface area contributed by atoms with E-state index in [1.807, 2.05) is 0 Å². The SMILES string of the molecule is CC(C)(C)[Si](C)(C)OCC(Oc1ccc(Cl)cn1)c1cnccc1-c1ccc(F)c(F)c1. The molecule has 0 fully saturated rings. The molecule has 0 N–H and O–H groups in total. The molecule has 0 aliphatic rings. The number of hydrogen-bond acceptors (Lipinski definition) is 4. The fraction of sp³-hybridized carbons (Fsp3) is 0.333. The Labute approximate surface area is 193 Å². The molecule has 1 unspecified atom stereocenters. The summed E-state index contributed by atoms with van der Waals surface area (Å²) in [6.45, 7) is 11.0. The zero-order chi connectivity index (χ0) is 23.5. The van der Waals surface area contributed by atoms with Gasteiger partial charge in [0, 0.05) is 30.2 Å². The molecule has 4 nitrogen and oxygen atoms in total. The number of halogens is 3. The first kappa shape index (κ1) is 24.3. The molecule has 1 atom stereocenters. The molecule has 0 aliphatic heterocycles. The molecule has 0 saturated heterocycles. The molecule has 1 aromatic carbocycles. The van der Waals surface area contributed by atoms with Crippen molar-refractivity contribution in [2.45, 2.75) is 45.0 Å². The van der Waals surface area contributed by atoms with Crippen molar-refractivity contribution in [1.29, 1.82) is 0 Å². The lowest BCUT2D eigenvalue weighted by atomic mass is 9.98. The molecule has 170 valence electrons. The van der Waals surface area contributed by atoms with Crippen molar-refractivity contribution in [3.8, 4) is 17.0 Å². The minimum absolute atomic E-state index is 0.00786. The lowest BCUT2D eigenvalue weighted by molar-refractivity contribution is 0.116. The van der Waals surface area contributed by atoms with Crippen LogP contribution in [0.1, 0.15) is 32.4 Å². The number of pyridine rings is 2. The van der Waals surface area contributed by atoms with Gasteiger partial charge in [-0.05, 0) is 53.5 Å². The van der Waals surface area contributed by atoms with Crippen LogP contribution in [0.3, 0.4) is 0 Å². The molecule has 3 aromatic rings. The van der Waals surface area contributed by atoms with Crippen LogP contribution in [0.15, 0.2) is 55.0 Å². The second kappa shape index (κ2) is 9.64. The Morgan fingerprint density at radius 1 is 1.03 bits per heavy atom. The van der Waals surface area contributed by atoms with Crippen LogP contribution in [0.4, 0.5) is 8.78 Å². The van der Waals surface area contributed by atoms with Crippen LogP contribution in [0, 0.1) is 11.6 Å². The van der Waals surface area contributed by atoms with Gasteiger partial charge in [0.1, 0.15) is 6.10 Å². The van der Waals surface area contributed by atoms with Gasteiger partial charge in [0.05, 0.1) is 11.6 Å². The maximum absolute atomic E-state index is 14.0. The van der Waals surface area contributed by atoms with Crippen LogP contribution in [0.25, 0.3) is 11.1 Å². The minimum atomic E-state index is -2.09. The predicted octanol–water partition coefficient (Wildman–Crippen LogP) is 7.22. The Balaban J connectivity index is 2.01. The Morgan fingerprint density at radius 3 is 2.41 bits per heavy atom. The van der Waals surface area contributed by atoms with Gasteiger partial charge in [0.2, 0.25) is 5.88 Å². The summed E-state index contributed by atoms with van der Waals surface area (Å²) in [5.41, 5.74) is 1.89. The topological polar surface area (TPSA) is 44.2 Å². The van der Waals surface area contributed by atoms with Crippen molar-refractivity contribution in [3.63, 3.8) is 0 Å². The van der Waals surface area contributed by atoms with Gasteiger partial charge >= 0.3 is 0 Å². The average molecular weight is 477 g/mol. The zero-order valence-electron chi connectivity index (χ0n) is 18.8. The molecule has 0 bridgehead atoms. The van der Waals surface area contributed by atoms with Crippen molar-refractivity contribution >= 4 is 19.9 Å². The highest BCUT2D eigenvalue weighted by Crippen LogP contribution is 2.38. The third kappa shape index (κ3) is 5.71. The molecule has 0 spiro atoms. The highest BCUT2D eigenvalue weighted by atomic mass is 35.5. The summed E-state index contributed by atoms with van der Waals surface area (Å²) in [7, 11) is -2.09. The maximum Gasteiger partial charge on any atom is 0.213 e. The maximum atomic E-state index is 14.0. The number of aromatic nitrogens is 2. The van der Waals surface area contributed by atoms with Crippen LogP contribution in [-0.4, -0.2) is 24.9 Å². The summed E-state index contributed by atoms with van der Waals surface area (Å²) in [5, 5.41) is 0.503. The number of benzene rings is 1. The van der Waals surface area contributed by atoms with Crippen LogP contribution in [0.5, 0.6) is 5.88 Å². The van der Waals surface area contributed by atoms with E-state index in [-0.39, 0.29) is 11.6 Å². The first-order chi connectivity index (χ1) is 15.0. The van der Waals surface area contributed by atoms with E-state index < -0.39 is 26.1 Å². The van der Waals surface area contributed by atoms with E-state index in [9.17, 15) is 8.78 Å². The van der Waals surface area contributed by atoms with E-state index in [2.05, 4.69) is 43.8 Å². The van der Waals surface area contributed by atoms with Gasteiger partial charge in [-0.2, -0.15) is 0 Å². The van der Waals surface area contributed by atoms with Crippen LogP contribution >= 0.6 is 11.6 Å². The van der Waals surface area contributed by atoms with Crippen molar-refractivity contribution < 1.29 is 17.9 Å². The van der Waals surface area contributed by atoms with Gasteiger partial charge in [-0.1, -0.05) is 38.4 Å². The fourth-order valence-corrected chi connectivity index (χ4v) is 3.97. The summed E-state index contributed by atoms with van der Waals surface area (Å²) in [4.78, 5) is 8.48. The second-order valence-corrected chi connectivity index (χ2v) is 14.3. The van der Waals surface area contributed by atoms with Crippen molar-refractivity contribution in [1.82, 2.24) is 9.97 Å².